The van der Waals surface area contributed by atoms with Gasteiger partial charge in [0.05, 0.1) is 0 Å². The standard InChI is InChI=1S/C19H30N4O3/c1-19(2,3)26-18(24)23-8-6-22(7-9-23)17-20-13-16(14-21-17)12-15-4-10-25-11-5-15/h13-15H,4-12H2,1-3H3. The van der Waals surface area contributed by atoms with Crippen LogP contribution in [-0.4, -0.2) is 66.0 Å². The van der Waals surface area contributed by atoms with E-state index in [0.717, 1.165) is 51.5 Å². The molecule has 2 aliphatic rings. The normalized spacial score (nSPS) is 19.5. The average molecular weight is 362 g/mol. The van der Waals surface area contributed by atoms with E-state index in [-0.39, 0.29) is 6.09 Å². The van der Waals surface area contributed by atoms with Gasteiger partial charge in [-0.3, -0.25) is 0 Å². The van der Waals surface area contributed by atoms with Crippen LogP contribution >= 0.6 is 0 Å². The molecule has 0 radical (unpaired) electrons. The lowest BCUT2D eigenvalue weighted by Crippen LogP contribution is -2.50. The van der Waals surface area contributed by atoms with E-state index in [2.05, 4.69) is 14.9 Å². The molecule has 3 heterocycles. The van der Waals surface area contributed by atoms with Crippen LogP contribution in [-0.2, 0) is 15.9 Å². The fourth-order valence-corrected chi connectivity index (χ4v) is 3.32. The molecular weight excluding hydrogens is 332 g/mol. The van der Waals surface area contributed by atoms with Gasteiger partial charge in [-0.2, -0.15) is 0 Å². The molecule has 3 rings (SSSR count). The lowest BCUT2D eigenvalue weighted by atomic mass is 9.94. The number of ether oxygens (including phenoxy) is 2. The summed E-state index contributed by atoms with van der Waals surface area (Å²) in [6.07, 6.45) is 6.90. The molecule has 26 heavy (non-hydrogen) atoms. The Morgan fingerprint density at radius 1 is 1.15 bits per heavy atom. The van der Waals surface area contributed by atoms with Crippen molar-refractivity contribution in [2.45, 2.75) is 45.6 Å². The van der Waals surface area contributed by atoms with Crippen LogP contribution in [0.4, 0.5) is 10.7 Å². The summed E-state index contributed by atoms with van der Waals surface area (Å²) < 4.78 is 10.8. The van der Waals surface area contributed by atoms with Crippen molar-refractivity contribution in [2.24, 2.45) is 5.92 Å². The Bertz CT molecular complexity index is 586. The highest BCUT2D eigenvalue weighted by Crippen LogP contribution is 2.20. The number of nitrogens with zero attached hydrogens (tertiary/aromatic N) is 4. The lowest BCUT2D eigenvalue weighted by molar-refractivity contribution is 0.0240. The van der Waals surface area contributed by atoms with Gasteiger partial charge in [0.1, 0.15) is 5.60 Å². The van der Waals surface area contributed by atoms with Crippen molar-refractivity contribution in [1.82, 2.24) is 14.9 Å². The minimum absolute atomic E-state index is 0.245. The number of hydrogen-bond donors (Lipinski definition) is 0. The smallest absolute Gasteiger partial charge is 0.410 e. The Labute approximate surface area is 155 Å². The number of hydrogen-bond acceptors (Lipinski definition) is 6. The van der Waals surface area contributed by atoms with Crippen molar-refractivity contribution in [1.29, 1.82) is 0 Å². The van der Waals surface area contributed by atoms with Crippen LogP contribution in [0, 0.1) is 5.92 Å². The first-order chi connectivity index (χ1) is 12.4. The summed E-state index contributed by atoms with van der Waals surface area (Å²) in [6, 6.07) is 0. The summed E-state index contributed by atoms with van der Waals surface area (Å²) in [5.41, 5.74) is 0.727. The predicted octanol–water partition coefficient (Wildman–Crippen LogP) is 2.50. The Balaban J connectivity index is 1.49. The minimum Gasteiger partial charge on any atom is -0.444 e. The third kappa shape index (κ3) is 5.30. The van der Waals surface area contributed by atoms with Gasteiger partial charge in [0.2, 0.25) is 5.95 Å². The minimum atomic E-state index is -0.461. The van der Waals surface area contributed by atoms with E-state index in [4.69, 9.17) is 9.47 Å². The molecule has 1 aromatic heterocycles. The molecule has 1 amide bonds. The monoisotopic (exact) mass is 362 g/mol. The average Bonchev–Trinajstić information content (AvgIpc) is 2.62. The molecule has 0 atom stereocenters. The van der Waals surface area contributed by atoms with Gasteiger partial charge in [0.25, 0.3) is 0 Å². The fraction of sp³-hybridized carbons (Fsp3) is 0.737. The van der Waals surface area contributed by atoms with Crippen molar-refractivity contribution in [2.75, 3.05) is 44.3 Å². The lowest BCUT2D eigenvalue weighted by Gasteiger charge is -2.35. The number of amides is 1. The maximum absolute atomic E-state index is 12.1. The Morgan fingerprint density at radius 3 is 2.35 bits per heavy atom. The zero-order valence-electron chi connectivity index (χ0n) is 16.1. The summed E-state index contributed by atoms with van der Waals surface area (Å²) in [4.78, 5) is 25.1. The Hall–Kier alpha value is -1.89. The van der Waals surface area contributed by atoms with E-state index in [9.17, 15) is 4.79 Å². The maximum Gasteiger partial charge on any atom is 0.410 e. The van der Waals surface area contributed by atoms with Crippen molar-refractivity contribution < 1.29 is 14.3 Å². The van der Waals surface area contributed by atoms with Crippen LogP contribution in [0.3, 0.4) is 0 Å². The number of carbonyl (C=O) groups excluding carboxylic acids is 1. The second-order valence-corrected chi connectivity index (χ2v) is 8.11. The number of rotatable bonds is 3. The summed E-state index contributed by atoms with van der Waals surface area (Å²) in [7, 11) is 0. The molecule has 0 aromatic carbocycles. The molecule has 2 saturated heterocycles. The zero-order valence-corrected chi connectivity index (χ0v) is 16.1. The second kappa shape index (κ2) is 8.20. The van der Waals surface area contributed by atoms with Gasteiger partial charge >= 0.3 is 6.09 Å². The van der Waals surface area contributed by atoms with Crippen LogP contribution in [0.15, 0.2) is 12.4 Å². The summed E-state index contributed by atoms with van der Waals surface area (Å²) >= 11 is 0. The molecule has 2 aliphatic heterocycles. The van der Waals surface area contributed by atoms with E-state index in [1.807, 2.05) is 33.2 Å². The molecule has 0 aliphatic carbocycles. The van der Waals surface area contributed by atoms with Gasteiger partial charge in [0.15, 0.2) is 0 Å². The maximum atomic E-state index is 12.1. The van der Waals surface area contributed by atoms with Crippen molar-refractivity contribution in [3.8, 4) is 0 Å². The number of anilines is 1. The van der Waals surface area contributed by atoms with Gasteiger partial charge in [-0.15, -0.1) is 0 Å². The van der Waals surface area contributed by atoms with Gasteiger partial charge in [-0.1, -0.05) is 0 Å². The number of piperazine rings is 1. The molecule has 1 aromatic rings. The van der Waals surface area contributed by atoms with Crippen LogP contribution in [0.1, 0.15) is 39.2 Å². The first-order valence-corrected chi connectivity index (χ1v) is 9.52. The van der Waals surface area contributed by atoms with Crippen LogP contribution in [0.25, 0.3) is 0 Å². The van der Waals surface area contributed by atoms with Crippen molar-refractivity contribution >= 4 is 12.0 Å². The molecule has 7 nitrogen and oxygen atoms in total. The van der Waals surface area contributed by atoms with Gasteiger partial charge in [0, 0.05) is 51.8 Å². The first-order valence-electron chi connectivity index (χ1n) is 9.52. The predicted molar refractivity (Wildman–Crippen MR) is 99.3 cm³/mol. The molecule has 0 bridgehead atoms. The van der Waals surface area contributed by atoms with E-state index in [1.54, 1.807) is 4.90 Å². The topological polar surface area (TPSA) is 67.8 Å². The van der Waals surface area contributed by atoms with Gasteiger partial charge in [-0.25, -0.2) is 14.8 Å². The summed E-state index contributed by atoms with van der Waals surface area (Å²) in [5.74, 6) is 1.42. The molecule has 0 saturated carbocycles. The third-order valence-corrected chi connectivity index (χ3v) is 4.77. The molecule has 0 unspecified atom stereocenters. The van der Waals surface area contributed by atoms with Crippen LogP contribution < -0.4 is 4.90 Å². The quantitative estimate of drug-likeness (QED) is 0.823. The van der Waals surface area contributed by atoms with E-state index in [0.29, 0.717) is 19.0 Å². The van der Waals surface area contributed by atoms with Gasteiger partial charge in [-0.05, 0) is 51.5 Å². The van der Waals surface area contributed by atoms with Crippen LogP contribution in [0.2, 0.25) is 0 Å². The molecule has 144 valence electrons. The Kier molecular flexibility index (Phi) is 5.96. The highest BCUT2D eigenvalue weighted by molar-refractivity contribution is 5.68. The summed E-state index contributed by atoms with van der Waals surface area (Å²) in [5, 5.41) is 0. The van der Waals surface area contributed by atoms with Crippen LogP contribution in [0.5, 0.6) is 0 Å². The molecule has 2 fully saturated rings. The van der Waals surface area contributed by atoms with Crippen molar-refractivity contribution in [3.05, 3.63) is 18.0 Å². The highest BCUT2D eigenvalue weighted by Gasteiger charge is 2.26. The summed E-state index contributed by atoms with van der Waals surface area (Å²) in [6.45, 7) is 10.1. The van der Waals surface area contributed by atoms with E-state index < -0.39 is 5.60 Å². The first kappa shape index (κ1) is 18.9. The molecule has 0 spiro atoms. The molecular formula is C19H30N4O3. The molecule has 0 N–H and O–H groups in total. The largest absolute Gasteiger partial charge is 0.444 e. The molecule has 7 heteroatoms. The van der Waals surface area contributed by atoms with Gasteiger partial charge < -0.3 is 19.3 Å². The van der Waals surface area contributed by atoms with Crippen molar-refractivity contribution in [3.63, 3.8) is 0 Å². The highest BCUT2D eigenvalue weighted by atomic mass is 16.6. The van der Waals surface area contributed by atoms with E-state index >= 15 is 0 Å². The third-order valence-electron chi connectivity index (χ3n) is 4.77. The SMILES string of the molecule is CC(C)(C)OC(=O)N1CCN(c2ncc(CC3CCOCC3)cn2)CC1. The Morgan fingerprint density at radius 2 is 1.77 bits per heavy atom. The zero-order chi connectivity index (χ0) is 18.6. The fourth-order valence-electron chi connectivity index (χ4n) is 3.32. The number of aromatic nitrogens is 2. The number of carbonyl (C=O) groups is 1. The second-order valence-electron chi connectivity index (χ2n) is 8.11. The van der Waals surface area contributed by atoms with E-state index in [1.165, 1.54) is 5.56 Å².